The van der Waals surface area contributed by atoms with Gasteiger partial charge in [-0.15, -0.1) is 0 Å². The van der Waals surface area contributed by atoms with Crippen LogP contribution in [-0.2, 0) is 144 Å². The molecule has 0 aliphatic heterocycles. The van der Waals surface area contributed by atoms with Crippen LogP contribution >= 0.6 is 85.1 Å². The van der Waals surface area contributed by atoms with Gasteiger partial charge in [0.1, 0.15) is 28.7 Å². The Bertz CT molecular complexity index is 6300. The predicted molar refractivity (Wildman–Crippen MR) is 600 cm³/mol. The molecule has 0 atom stereocenters. The molecule has 1 aliphatic carbocycles. The zero-order chi connectivity index (χ0) is 105. The third-order valence-electron chi connectivity index (χ3n) is 22.7. The number of aromatic hydroxyl groups is 5. The normalized spacial score (nSPS) is 11.7. The number of nitrogens with zero attached hydrogens (tertiary/aromatic N) is 5. The van der Waals surface area contributed by atoms with E-state index >= 15 is 0 Å². The average molecular weight is 2490 g/mol. The fourth-order valence-electron chi connectivity index (χ4n) is 15.7. The van der Waals surface area contributed by atoms with Gasteiger partial charge in [0, 0.05) is 81.0 Å². The monoisotopic (exact) mass is 2480 g/mol. The van der Waals surface area contributed by atoms with E-state index in [2.05, 4.69) is 262 Å². The molecule has 10 nitrogen and oxygen atoms in total. The van der Waals surface area contributed by atoms with Crippen LogP contribution in [0.3, 0.4) is 0 Å². The number of aliphatic imine (C=N–C) groups is 5. The van der Waals surface area contributed by atoms with Crippen molar-refractivity contribution in [3.8, 4) is 62.1 Å². The van der Waals surface area contributed by atoms with E-state index in [-0.39, 0.29) is 32.8 Å². The molecule has 5 N–H and O–H groups in total. The van der Waals surface area contributed by atoms with Crippen LogP contribution < -0.4 is 0 Å². The SMILES string of the molecule is CC(C)(C)c1cccc(C=Nc2c(-c3ccccc3)cccc2-c2ccccc2)c1O.CC(C)(C)c1cccc(C=Nc2cccc3c2CCCC3)c1O.CC(C)(C)c1cccc(C=Nc2cccc3ccccc23)c1O.CC(C)(C)c1cccc(C=Nc2ccccc2-c2ccccc2)c1O.CC(C)c1cccc(C(C)C)c1N=Cc1cccc(C(C)(C)C)c1O.[Cl][Zr][Cl].[Cl][Zr][Cl].[Cl][Zr][Cl].[Cl][Zr][Cl].[Cl][Zr][Cl]. The Morgan fingerprint density at radius 2 is 0.507 bits per heavy atom. The summed E-state index contributed by atoms with van der Waals surface area (Å²) >= 11 is -4.13. The van der Waals surface area contributed by atoms with Crippen LogP contribution in [0, 0.1) is 0 Å². The number of hydrogen-bond donors (Lipinski definition) is 5. The number of para-hydroxylation sites is 8. The van der Waals surface area contributed by atoms with Gasteiger partial charge in [-0.25, -0.2) is 0 Å². The van der Waals surface area contributed by atoms with Gasteiger partial charge in [-0.2, -0.15) is 0 Å². The molecule has 0 radical (unpaired) electrons. The van der Waals surface area contributed by atoms with Crippen molar-refractivity contribution >= 4 is 155 Å². The molecule has 0 fully saturated rings. The number of rotatable bonds is 15. The van der Waals surface area contributed by atoms with Crippen molar-refractivity contribution in [1.82, 2.24) is 0 Å². The minimum absolute atomic E-state index is 0.0835. The number of halogens is 10. The summed E-state index contributed by atoms with van der Waals surface area (Å²) < 4.78 is 0. The van der Waals surface area contributed by atoms with Crippen molar-refractivity contribution in [1.29, 1.82) is 0 Å². The molecule has 0 amide bonds. The van der Waals surface area contributed by atoms with Gasteiger partial charge in [0.2, 0.25) is 0 Å². The van der Waals surface area contributed by atoms with Crippen LogP contribution in [0.4, 0.5) is 28.4 Å². The Morgan fingerprint density at radius 3 is 0.873 bits per heavy atom. The molecule has 0 unspecified atom stereocenters. The molecule has 740 valence electrons. The number of benzene rings is 14. The molecule has 0 bridgehead atoms. The van der Waals surface area contributed by atoms with Gasteiger partial charge in [-0.1, -0.05) is 386 Å². The molecule has 142 heavy (non-hydrogen) atoms. The number of hydrogen-bond acceptors (Lipinski definition) is 10. The zero-order valence-electron chi connectivity index (χ0n) is 84.0. The maximum atomic E-state index is 10.9. The van der Waals surface area contributed by atoms with Gasteiger partial charge >= 0.3 is 189 Å². The Kier molecular flexibility index (Phi) is 56.0. The molecular weight excluding hydrogens is 2370 g/mol. The van der Waals surface area contributed by atoms with Gasteiger partial charge in [0.15, 0.2) is 0 Å². The van der Waals surface area contributed by atoms with Crippen molar-refractivity contribution in [3.63, 3.8) is 0 Å². The molecule has 0 spiro atoms. The van der Waals surface area contributed by atoms with E-state index < -0.39 is 104 Å². The Labute approximate surface area is 937 Å². The average Bonchev–Trinajstić information content (AvgIpc) is 0.808. The maximum absolute atomic E-state index is 10.9. The van der Waals surface area contributed by atoms with Crippen molar-refractivity contribution < 1.29 is 130 Å². The Morgan fingerprint density at radius 1 is 0.254 bits per heavy atom. The Hall–Kier alpha value is -5.99. The van der Waals surface area contributed by atoms with Crippen molar-refractivity contribution in [2.75, 3.05) is 0 Å². The summed E-state index contributed by atoms with van der Waals surface area (Å²) in [7, 11) is 49.3. The van der Waals surface area contributed by atoms with Gasteiger partial charge in [0.25, 0.3) is 0 Å². The summed E-state index contributed by atoms with van der Waals surface area (Å²) in [6.45, 7) is 40.2. The second kappa shape index (κ2) is 63.8. The second-order valence-electron chi connectivity index (χ2n) is 38.6. The molecule has 0 aromatic heterocycles. The van der Waals surface area contributed by atoms with E-state index in [0.29, 0.717) is 40.4 Å². The summed E-state index contributed by atoms with van der Waals surface area (Å²) in [5, 5.41) is 55.5. The van der Waals surface area contributed by atoms with Crippen LogP contribution in [0.25, 0.3) is 44.2 Å². The predicted octanol–water partition coefficient (Wildman–Crippen LogP) is 38.4. The summed E-state index contributed by atoms with van der Waals surface area (Å²) in [5.41, 5.74) is 24.4. The molecule has 14 aromatic carbocycles. The molecule has 14 aromatic rings. The third kappa shape index (κ3) is 39.8. The molecule has 25 heteroatoms. The molecule has 0 saturated heterocycles. The van der Waals surface area contributed by atoms with E-state index in [0.717, 1.165) is 136 Å². The Balaban J connectivity index is 0.000000263. The summed E-state index contributed by atoms with van der Waals surface area (Å²) in [5.74, 6) is 2.37. The fourth-order valence-corrected chi connectivity index (χ4v) is 15.7. The van der Waals surface area contributed by atoms with Crippen LogP contribution in [0.2, 0.25) is 0 Å². The van der Waals surface area contributed by atoms with Crippen LogP contribution in [0.15, 0.2) is 328 Å². The van der Waals surface area contributed by atoms with Crippen LogP contribution in [0.1, 0.15) is 234 Å². The first-order valence-electron chi connectivity index (χ1n) is 46.3. The van der Waals surface area contributed by atoms with Gasteiger partial charge in [0.05, 0.1) is 28.4 Å². The molecule has 15 rings (SSSR count). The third-order valence-corrected chi connectivity index (χ3v) is 22.7. The standard InChI is InChI=1S/C29H27NO.C23H23NO.C23H31NO.C21H25NO.C21H21NO.10ClH.5Zr/c1-29(2,3)26-19-10-16-23(28(26)31)20-30-27-24(21-12-6-4-7-13-21)17-11-18-25(27)22-14-8-5-9-15-22;1-23(2,3)20-14-9-12-18(22(20)25)16-24-21-15-8-7-13-19(21)17-10-5-4-6-11-17;1-15(2)18-11-9-12-19(16(3)4)21(18)24-14-17-10-8-13-20(22(17)25)23(5,6)7;2*1-21(2,3)18-12-6-10-16(20(18)23)14-22-19-13-7-9-15-8-4-5-11-17(15)19;;;;;;;;;;;;;;;/h4-20,31H,1-3H3;4-16,25H,1-3H3;8-16,25H,1-7H3;6-7,9-10,12-14,23H,4-5,8,11H2,1-3H3;4-14,23H,1-3H3;10*1H;;;;;/q;;;;;;;;;;;;;;;5*+2/p-10. The van der Waals surface area contributed by atoms with E-state index in [4.69, 9.17) is 95.1 Å². The summed E-state index contributed by atoms with van der Waals surface area (Å²) in [6, 6.07) is 101. The number of phenols is 5. The number of aryl methyl sites for hydroxylation is 1. The van der Waals surface area contributed by atoms with E-state index in [9.17, 15) is 25.5 Å². The fraction of sp³-hybridized carbons (Fsp3) is 0.256. The number of phenolic OH excluding ortho intramolecular Hbond substituents is 5. The molecular formula is C117H127Cl10N5O5Zr5. The first-order chi connectivity index (χ1) is 67.5. The quantitative estimate of drug-likeness (QED) is 0.0645. The van der Waals surface area contributed by atoms with Gasteiger partial charge < -0.3 is 25.5 Å². The molecule has 0 heterocycles. The van der Waals surface area contributed by atoms with Crippen LogP contribution in [0.5, 0.6) is 28.7 Å². The first kappa shape index (κ1) is 125. The summed E-state index contributed by atoms with van der Waals surface area (Å²) in [6.07, 6.45) is 13.6. The van der Waals surface area contributed by atoms with Crippen molar-refractivity contribution in [2.45, 2.75) is 196 Å². The second-order valence-corrected chi connectivity index (χ2v) is 57.3. The zero-order valence-corrected chi connectivity index (χ0v) is 104. The van der Waals surface area contributed by atoms with E-state index in [1.54, 1.807) is 31.1 Å². The summed E-state index contributed by atoms with van der Waals surface area (Å²) in [4.78, 5) is 23.7. The van der Waals surface area contributed by atoms with E-state index in [1.807, 2.05) is 188 Å². The topological polar surface area (TPSA) is 163 Å². The molecule has 1 aliphatic rings. The van der Waals surface area contributed by atoms with E-state index in [1.165, 1.54) is 35.1 Å². The van der Waals surface area contributed by atoms with Crippen molar-refractivity contribution in [2.24, 2.45) is 25.0 Å². The van der Waals surface area contributed by atoms with Gasteiger partial charge in [-0.3, -0.25) is 25.0 Å². The molecule has 0 saturated carbocycles. The van der Waals surface area contributed by atoms with Crippen LogP contribution in [-0.4, -0.2) is 56.6 Å². The van der Waals surface area contributed by atoms with Crippen molar-refractivity contribution in [3.05, 3.63) is 381 Å². The number of fused-ring (bicyclic) bond motifs is 2. The van der Waals surface area contributed by atoms with Gasteiger partial charge in [-0.05, 0) is 185 Å². The minimum atomic E-state index is -0.826. The first-order valence-corrected chi connectivity index (χ1v) is 77.9.